The van der Waals surface area contributed by atoms with Gasteiger partial charge >= 0.3 is 6.03 Å². The highest BCUT2D eigenvalue weighted by Gasteiger charge is 2.25. The Morgan fingerprint density at radius 1 is 1.45 bits per heavy atom. The fraction of sp³-hybridized carbons (Fsp3) is 0.533. The minimum absolute atomic E-state index is 0.0455. The van der Waals surface area contributed by atoms with Crippen LogP contribution in [0.15, 0.2) is 18.2 Å². The molecule has 0 aliphatic heterocycles. The van der Waals surface area contributed by atoms with Gasteiger partial charge in [0.2, 0.25) is 0 Å². The summed E-state index contributed by atoms with van der Waals surface area (Å²) in [5, 5.41) is 6.45. The molecule has 0 saturated carbocycles. The molecule has 22 heavy (non-hydrogen) atoms. The summed E-state index contributed by atoms with van der Waals surface area (Å²) in [6, 6.07) is 5.19. The molecule has 1 aromatic rings. The first-order chi connectivity index (χ1) is 10.3. The van der Waals surface area contributed by atoms with E-state index in [1.165, 1.54) is 6.26 Å². The van der Waals surface area contributed by atoms with Gasteiger partial charge in [0.05, 0.1) is 11.8 Å². The van der Waals surface area contributed by atoms with E-state index in [0.29, 0.717) is 6.42 Å². The van der Waals surface area contributed by atoms with Crippen LogP contribution >= 0.6 is 11.6 Å². The molecule has 0 aromatic heterocycles. The van der Waals surface area contributed by atoms with E-state index in [2.05, 4.69) is 10.6 Å². The molecule has 1 aliphatic rings. The Balaban J connectivity index is 1.88. The average Bonchev–Trinajstić information content (AvgIpc) is 2.80. The minimum atomic E-state index is -3.01. The largest absolute Gasteiger partial charge is 0.336 e. The molecule has 0 saturated heterocycles. The maximum absolute atomic E-state index is 12.0. The van der Waals surface area contributed by atoms with Gasteiger partial charge < -0.3 is 10.6 Å². The molecular weight excluding hydrogens is 324 g/mol. The van der Waals surface area contributed by atoms with E-state index in [0.717, 1.165) is 29.0 Å². The summed E-state index contributed by atoms with van der Waals surface area (Å²) in [6.45, 7) is 1.80. The van der Waals surface area contributed by atoms with Crippen LogP contribution in [0, 0.1) is 0 Å². The minimum Gasteiger partial charge on any atom is -0.336 e. The summed E-state index contributed by atoms with van der Waals surface area (Å²) in [4.78, 5) is 12.0. The summed E-state index contributed by atoms with van der Waals surface area (Å²) in [5.74, 6) is 0.0658. The lowest BCUT2D eigenvalue weighted by molar-refractivity contribution is 0.233. The number of nitrogens with one attached hydrogen (secondary N) is 2. The molecular formula is C15H21ClN2O3S. The van der Waals surface area contributed by atoms with Gasteiger partial charge in [-0.15, -0.1) is 0 Å². The fourth-order valence-electron chi connectivity index (χ4n) is 2.65. The number of hydrogen-bond acceptors (Lipinski definition) is 3. The maximum Gasteiger partial charge on any atom is 0.315 e. The first-order valence-electron chi connectivity index (χ1n) is 7.28. The van der Waals surface area contributed by atoms with Crippen LogP contribution in [0.1, 0.15) is 36.9 Å². The van der Waals surface area contributed by atoms with Crippen LogP contribution in [-0.2, 0) is 16.3 Å². The van der Waals surface area contributed by atoms with Crippen molar-refractivity contribution in [3.8, 4) is 0 Å². The molecule has 7 heteroatoms. The van der Waals surface area contributed by atoms with Gasteiger partial charge in [-0.05, 0) is 43.4 Å². The highest BCUT2D eigenvalue weighted by molar-refractivity contribution is 7.90. The van der Waals surface area contributed by atoms with E-state index in [1.807, 2.05) is 18.2 Å². The highest BCUT2D eigenvalue weighted by atomic mass is 35.5. The first kappa shape index (κ1) is 17.1. The van der Waals surface area contributed by atoms with Gasteiger partial charge in [0.15, 0.2) is 0 Å². The van der Waals surface area contributed by atoms with Crippen molar-refractivity contribution in [2.75, 3.05) is 12.0 Å². The van der Waals surface area contributed by atoms with Gasteiger partial charge in [-0.25, -0.2) is 13.2 Å². The van der Waals surface area contributed by atoms with Crippen LogP contribution < -0.4 is 10.6 Å². The van der Waals surface area contributed by atoms with Crippen molar-refractivity contribution in [2.45, 2.75) is 38.3 Å². The van der Waals surface area contributed by atoms with Gasteiger partial charge in [-0.1, -0.05) is 23.7 Å². The Morgan fingerprint density at radius 3 is 2.86 bits per heavy atom. The number of fused-ring (bicyclic) bond motifs is 1. The van der Waals surface area contributed by atoms with E-state index in [4.69, 9.17) is 11.6 Å². The molecule has 0 heterocycles. The predicted octanol–water partition coefficient (Wildman–Crippen LogP) is 2.45. The zero-order chi connectivity index (χ0) is 16.3. The number of halogens is 1. The number of rotatable bonds is 5. The normalized spacial score (nSPS) is 18.6. The smallest absolute Gasteiger partial charge is 0.315 e. The number of amides is 2. The van der Waals surface area contributed by atoms with Gasteiger partial charge in [0.1, 0.15) is 9.84 Å². The van der Waals surface area contributed by atoms with Crippen molar-refractivity contribution in [1.29, 1.82) is 0 Å². The lowest BCUT2D eigenvalue weighted by Gasteiger charge is -2.18. The number of urea groups is 1. The number of hydrogen-bond donors (Lipinski definition) is 2. The fourth-order valence-corrected chi connectivity index (χ4v) is 3.70. The van der Waals surface area contributed by atoms with E-state index < -0.39 is 9.84 Å². The van der Waals surface area contributed by atoms with Crippen molar-refractivity contribution >= 4 is 27.5 Å². The molecule has 0 spiro atoms. The molecule has 2 amide bonds. The molecule has 0 fully saturated rings. The van der Waals surface area contributed by atoms with Gasteiger partial charge in [0.25, 0.3) is 0 Å². The zero-order valence-electron chi connectivity index (χ0n) is 12.7. The van der Waals surface area contributed by atoms with E-state index in [1.54, 1.807) is 6.92 Å². The molecule has 2 N–H and O–H groups in total. The van der Waals surface area contributed by atoms with Crippen molar-refractivity contribution < 1.29 is 13.2 Å². The first-order valence-corrected chi connectivity index (χ1v) is 9.72. The van der Waals surface area contributed by atoms with Crippen LogP contribution in [0.25, 0.3) is 0 Å². The van der Waals surface area contributed by atoms with E-state index >= 15 is 0 Å². The Morgan fingerprint density at radius 2 is 2.18 bits per heavy atom. The van der Waals surface area contributed by atoms with Crippen molar-refractivity contribution in [2.24, 2.45) is 0 Å². The molecule has 1 aromatic carbocycles. The molecule has 0 bridgehead atoms. The summed E-state index contributed by atoms with van der Waals surface area (Å²) >= 11 is 6.15. The summed E-state index contributed by atoms with van der Waals surface area (Å²) < 4.78 is 22.3. The Labute approximate surface area is 136 Å². The standard InChI is InChI=1S/C15H21ClN2O3S/c1-10(8-9-22(2,20)21)17-15(19)18-14-7-6-11-12(14)4-3-5-13(11)16/h3-5,10,14H,6-9H2,1-2H3,(H2,17,18,19)/t10-,14-/m0/s1. The number of carbonyl (C=O) groups excluding carboxylic acids is 1. The summed E-state index contributed by atoms with van der Waals surface area (Å²) in [5.41, 5.74) is 2.16. The average molecular weight is 345 g/mol. The quantitative estimate of drug-likeness (QED) is 0.861. The molecule has 2 atom stereocenters. The molecule has 0 radical (unpaired) electrons. The Bertz CT molecular complexity index is 661. The van der Waals surface area contributed by atoms with Crippen molar-refractivity contribution in [3.63, 3.8) is 0 Å². The lowest BCUT2D eigenvalue weighted by Crippen LogP contribution is -2.42. The van der Waals surface area contributed by atoms with Gasteiger partial charge in [0, 0.05) is 17.3 Å². The topological polar surface area (TPSA) is 75.3 Å². The molecule has 122 valence electrons. The Hall–Kier alpha value is -1.27. The third kappa shape index (κ3) is 4.61. The summed E-state index contributed by atoms with van der Waals surface area (Å²) in [6.07, 6.45) is 3.27. The highest BCUT2D eigenvalue weighted by Crippen LogP contribution is 2.35. The molecule has 1 aliphatic carbocycles. The zero-order valence-corrected chi connectivity index (χ0v) is 14.3. The van der Waals surface area contributed by atoms with Crippen LogP contribution in [-0.4, -0.2) is 32.5 Å². The lowest BCUT2D eigenvalue weighted by atomic mass is 10.1. The van der Waals surface area contributed by atoms with Crippen LogP contribution in [0.5, 0.6) is 0 Å². The SMILES string of the molecule is C[C@@H](CCS(C)(=O)=O)NC(=O)N[C@H]1CCc2c(Cl)cccc21. The monoisotopic (exact) mass is 344 g/mol. The molecule has 0 unspecified atom stereocenters. The number of carbonyl (C=O) groups is 1. The number of sulfone groups is 1. The number of benzene rings is 1. The van der Waals surface area contributed by atoms with E-state index in [9.17, 15) is 13.2 Å². The second-order valence-electron chi connectivity index (χ2n) is 5.84. The van der Waals surface area contributed by atoms with E-state index in [-0.39, 0.29) is 23.9 Å². The predicted molar refractivity (Wildman–Crippen MR) is 88.0 cm³/mol. The summed E-state index contributed by atoms with van der Waals surface area (Å²) in [7, 11) is -3.01. The second kappa shape index (κ2) is 6.87. The van der Waals surface area contributed by atoms with Crippen molar-refractivity contribution in [3.05, 3.63) is 34.3 Å². The van der Waals surface area contributed by atoms with Crippen molar-refractivity contribution in [1.82, 2.24) is 10.6 Å². The molecule has 2 rings (SSSR count). The third-order valence-electron chi connectivity index (χ3n) is 3.82. The second-order valence-corrected chi connectivity index (χ2v) is 8.50. The van der Waals surface area contributed by atoms with Crippen LogP contribution in [0.2, 0.25) is 5.02 Å². The third-order valence-corrected chi connectivity index (χ3v) is 5.15. The van der Waals surface area contributed by atoms with Gasteiger partial charge in [-0.2, -0.15) is 0 Å². The van der Waals surface area contributed by atoms with Crippen LogP contribution in [0.4, 0.5) is 4.79 Å². The van der Waals surface area contributed by atoms with Gasteiger partial charge in [-0.3, -0.25) is 0 Å². The Kier molecular flexibility index (Phi) is 5.34. The van der Waals surface area contributed by atoms with Crippen LogP contribution in [0.3, 0.4) is 0 Å². The maximum atomic E-state index is 12.0. The molecule has 5 nitrogen and oxygen atoms in total.